The lowest BCUT2D eigenvalue weighted by molar-refractivity contribution is -0.124. The Balaban J connectivity index is 2.19. The summed E-state index contributed by atoms with van der Waals surface area (Å²) in [6.07, 6.45) is 3.55. The van der Waals surface area contributed by atoms with Gasteiger partial charge in [0, 0.05) is 35.2 Å². The minimum absolute atomic E-state index is 0.0472. The van der Waals surface area contributed by atoms with Gasteiger partial charge in [0.1, 0.15) is 4.60 Å². The predicted molar refractivity (Wildman–Crippen MR) is 79.6 cm³/mol. The summed E-state index contributed by atoms with van der Waals surface area (Å²) in [5.41, 5.74) is 2.87. The van der Waals surface area contributed by atoms with E-state index >= 15 is 0 Å². The van der Waals surface area contributed by atoms with Gasteiger partial charge in [-0.3, -0.25) is 9.48 Å². The van der Waals surface area contributed by atoms with Crippen LogP contribution >= 0.6 is 15.9 Å². The van der Waals surface area contributed by atoms with Gasteiger partial charge in [-0.15, -0.1) is 0 Å². The molecule has 5 heteroatoms. The number of hydrogen-bond donors (Lipinski definition) is 1. The summed E-state index contributed by atoms with van der Waals surface area (Å²) in [5, 5.41) is 13.9. The SMILES string of the molecule is C[C@@H]1C(=O)/C(=C\O)C[C@]2(C)c3c(c(Br)nn3C)CC[C@@H]12. The van der Waals surface area contributed by atoms with Crippen molar-refractivity contribution in [3.05, 3.63) is 27.7 Å². The molecule has 1 aromatic heterocycles. The molecule has 20 heavy (non-hydrogen) atoms. The molecular weight excluding hydrogens is 320 g/mol. The molecule has 1 heterocycles. The molecule has 0 bridgehead atoms. The van der Waals surface area contributed by atoms with Crippen molar-refractivity contribution >= 4 is 21.7 Å². The Labute approximate surface area is 127 Å². The largest absolute Gasteiger partial charge is 0.515 e. The van der Waals surface area contributed by atoms with Crippen LogP contribution in [0.4, 0.5) is 0 Å². The number of carbonyl (C=O) groups excluding carboxylic acids is 1. The van der Waals surface area contributed by atoms with E-state index in [0.717, 1.165) is 23.7 Å². The number of aliphatic hydroxyl groups excluding tert-OH is 1. The van der Waals surface area contributed by atoms with Gasteiger partial charge in [-0.1, -0.05) is 13.8 Å². The van der Waals surface area contributed by atoms with E-state index in [9.17, 15) is 9.90 Å². The number of aromatic nitrogens is 2. The van der Waals surface area contributed by atoms with Gasteiger partial charge in [0.2, 0.25) is 0 Å². The van der Waals surface area contributed by atoms with Crippen molar-refractivity contribution in [1.29, 1.82) is 0 Å². The number of carbonyl (C=O) groups is 1. The van der Waals surface area contributed by atoms with Crippen molar-refractivity contribution in [2.24, 2.45) is 18.9 Å². The third-order valence-electron chi connectivity index (χ3n) is 5.21. The predicted octanol–water partition coefficient (Wildman–Crippen LogP) is 3.05. The van der Waals surface area contributed by atoms with E-state index in [0.29, 0.717) is 17.9 Å². The van der Waals surface area contributed by atoms with Crippen LogP contribution in [0.3, 0.4) is 0 Å². The second kappa shape index (κ2) is 4.45. The molecule has 1 saturated carbocycles. The molecule has 0 spiro atoms. The van der Waals surface area contributed by atoms with Gasteiger partial charge in [0.25, 0.3) is 0 Å². The van der Waals surface area contributed by atoms with Gasteiger partial charge in [-0.25, -0.2) is 0 Å². The molecule has 0 aromatic carbocycles. The maximum atomic E-state index is 12.3. The van der Waals surface area contributed by atoms with Gasteiger partial charge in [0.15, 0.2) is 5.78 Å². The lowest BCUT2D eigenvalue weighted by Gasteiger charge is -2.48. The zero-order valence-electron chi connectivity index (χ0n) is 12.0. The van der Waals surface area contributed by atoms with Crippen LogP contribution < -0.4 is 0 Å². The van der Waals surface area contributed by atoms with Gasteiger partial charge in [0.05, 0.1) is 6.26 Å². The standard InChI is InChI=1S/C15H19BrN2O2/c1-8-11-5-4-10-13(18(3)17-14(10)16)15(11,2)6-9(7-19)12(8)20/h7-8,11,19H,4-6H2,1-3H3/b9-7-/t8-,11-,15-/m0/s1. The molecule has 1 aromatic rings. The number of hydrogen-bond acceptors (Lipinski definition) is 3. The zero-order chi connectivity index (χ0) is 14.7. The molecule has 3 rings (SSSR count). The highest BCUT2D eigenvalue weighted by Gasteiger charge is 2.51. The monoisotopic (exact) mass is 338 g/mol. The fourth-order valence-electron chi connectivity index (χ4n) is 4.35. The minimum Gasteiger partial charge on any atom is -0.515 e. The van der Waals surface area contributed by atoms with Crippen molar-refractivity contribution in [2.75, 3.05) is 0 Å². The number of halogens is 1. The first-order valence-electron chi connectivity index (χ1n) is 6.99. The van der Waals surface area contributed by atoms with Crippen LogP contribution in [0.2, 0.25) is 0 Å². The Morgan fingerprint density at radius 2 is 2.25 bits per heavy atom. The van der Waals surface area contributed by atoms with Crippen molar-refractivity contribution in [3.8, 4) is 0 Å². The lowest BCUT2D eigenvalue weighted by Crippen LogP contribution is -2.48. The molecule has 1 N–H and O–H groups in total. The number of nitrogens with zero attached hydrogens (tertiary/aromatic N) is 2. The molecule has 2 aliphatic carbocycles. The third kappa shape index (κ3) is 1.65. The van der Waals surface area contributed by atoms with Crippen LogP contribution in [0.25, 0.3) is 0 Å². The van der Waals surface area contributed by atoms with Crippen LogP contribution in [-0.2, 0) is 23.7 Å². The molecule has 108 valence electrons. The molecule has 0 amide bonds. The van der Waals surface area contributed by atoms with E-state index < -0.39 is 0 Å². The Hall–Kier alpha value is -1.10. The van der Waals surface area contributed by atoms with E-state index in [-0.39, 0.29) is 17.1 Å². The Morgan fingerprint density at radius 1 is 1.55 bits per heavy atom. The highest BCUT2D eigenvalue weighted by Crippen LogP contribution is 2.53. The summed E-state index contributed by atoms with van der Waals surface area (Å²) in [5.74, 6) is 0.363. The summed E-state index contributed by atoms with van der Waals surface area (Å²) in [4.78, 5) is 12.3. The Kier molecular flexibility index (Phi) is 3.08. The number of rotatable bonds is 0. The molecular formula is C15H19BrN2O2. The minimum atomic E-state index is -0.136. The highest BCUT2D eigenvalue weighted by atomic mass is 79.9. The highest BCUT2D eigenvalue weighted by molar-refractivity contribution is 9.10. The molecule has 2 aliphatic rings. The zero-order valence-corrected chi connectivity index (χ0v) is 13.6. The Morgan fingerprint density at radius 3 is 2.90 bits per heavy atom. The fraction of sp³-hybridized carbons (Fsp3) is 0.600. The van der Waals surface area contributed by atoms with Crippen LogP contribution in [0.1, 0.15) is 37.9 Å². The van der Waals surface area contributed by atoms with Crippen LogP contribution in [0, 0.1) is 11.8 Å². The van der Waals surface area contributed by atoms with E-state index in [1.54, 1.807) is 0 Å². The van der Waals surface area contributed by atoms with Crippen molar-refractivity contribution < 1.29 is 9.90 Å². The number of aryl methyl sites for hydroxylation is 1. The third-order valence-corrected chi connectivity index (χ3v) is 5.85. The maximum Gasteiger partial charge on any atom is 0.165 e. The number of Topliss-reactive ketones (excluding diaryl/α,β-unsaturated/α-hetero) is 1. The normalized spacial score (nSPS) is 35.0. The van der Waals surface area contributed by atoms with E-state index in [1.807, 2.05) is 18.7 Å². The quantitative estimate of drug-likeness (QED) is 0.584. The molecule has 0 radical (unpaired) electrons. The van der Waals surface area contributed by atoms with Crippen LogP contribution in [0.5, 0.6) is 0 Å². The van der Waals surface area contributed by atoms with Crippen molar-refractivity contribution in [1.82, 2.24) is 9.78 Å². The van der Waals surface area contributed by atoms with Gasteiger partial charge in [-0.05, 0) is 41.1 Å². The molecule has 1 fully saturated rings. The first-order chi connectivity index (χ1) is 9.40. The fourth-order valence-corrected chi connectivity index (χ4v) is 4.97. The van der Waals surface area contributed by atoms with Crippen molar-refractivity contribution in [3.63, 3.8) is 0 Å². The summed E-state index contributed by atoms with van der Waals surface area (Å²) >= 11 is 3.54. The smallest absolute Gasteiger partial charge is 0.165 e. The summed E-state index contributed by atoms with van der Waals surface area (Å²) in [6.45, 7) is 4.19. The first kappa shape index (κ1) is 13.9. The summed E-state index contributed by atoms with van der Waals surface area (Å²) in [7, 11) is 1.96. The van der Waals surface area contributed by atoms with Gasteiger partial charge >= 0.3 is 0 Å². The van der Waals surface area contributed by atoms with Gasteiger partial charge < -0.3 is 5.11 Å². The molecule has 4 nitrogen and oxygen atoms in total. The molecule has 0 unspecified atom stereocenters. The average Bonchev–Trinajstić information content (AvgIpc) is 2.70. The van der Waals surface area contributed by atoms with E-state index in [2.05, 4.69) is 28.0 Å². The number of ketones is 1. The van der Waals surface area contributed by atoms with Gasteiger partial charge in [-0.2, -0.15) is 5.10 Å². The second-order valence-electron chi connectivity index (χ2n) is 6.29. The van der Waals surface area contributed by atoms with E-state index in [4.69, 9.17) is 0 Å². The number of allylic oxidation sites excluding steroid dienone is 1. The van der Waals surface area contributed by atoms with E-state index in [1.165, 1.54) is 11.3 Å². The number of fused-ring (bicyclic) bond motifs is 3. The van der Waals surface area contributed by atoms with Crippen molar-refractivity contribution in [2.45, 2.75) is 38.5 Å². The summed E-state index contributed by atoms with van der Waals surface area (Å²) < 4.78 is 2.84. The summed E-state index contributed by atoms with van der Waals surface area (Å²) in [6, 6.07) is 0. The molecule has 0 aliphatic heterocycles. The maximum absolute atomic E-state index is 12.3. The Bertz CT molecular complexity index is 620. The number of aliphatic hydroxyl groups is 1. The lowest BCUT2D eigenvalue weighted by atomic mass is 9.55. The molecule has 0 saturated heterocycles. The van der Waals surface area contributed by atoms with Crippen LogP contribution in [0.15, 0.2) is 16.4 Å². The molecule has 3 atom stereocenters. The topological polar surface area (TPSA) is 55.1 Å². The average molecular weight is 339 g/mol. The van der Waals surface area contributed by atoms with Crippen LogP contribution in [-0.4, -0.2) is 20.7 Å². The first-order valence-corrected chi connectivity index (χ1v) is 7.78. The second-order valence-corrected chi connectivity index (χ2v) is 7.04.